The monoisotopic (exact) mass is 297 g/mol. The maximum Gasteiger partial charge on any atom is 0.238 e. The van der Waals surface area contributed by atoms with E-state index in [1.165, 1.54) is 0 Å². The summed E-state index contributed by atoms with van der Waals surface area (Å²) in [6, 6.07) is 6.07. The SMILES string of the molecule is Cc1cccc(C)c1NC(=O)CN1CCCNCC1.Cl. The summed E-state index contributed by atoms with van der Waals surface area (Å²) in [7, 11) is 0. The van der Waals surface area contributed by atoms with Crippen molar-refractivity contribution in [2.75, 3.05) is 38.0 Å². The quantitative estimate of drug-likeness (QED) is 0.896. The minimum absolute atomic E-state index is 0. The van der Waals surface area contributed by atoms with Gasteiger partial charge in [-0.3, -0.25) is 9.69 Å². The van der Waals surface area contributed by atoms with E-state index in [2.05, 4.69) is 15.5 Å². The number of aryl methyl sites for hydroxylation is 2. The number of hydrogen-bond acceptors (Lipinski definition) is 3. The maximum absolute atomic E-state index is 12.1. The van der Waals surface area contributed by atoms with Crippen LogP contribution in [0, 0.1) is 13.8 Å². The molecular formula is C15H24ClN3O. The average Bonchev–Trinajstić information content (AvgIpc) is 2.63. The van der Waals surface area contributed by atoms with Crippen LogP contribution in [0.5, 0.6) is 0 Å². The fraction of sp³-hybridized carbons (Fsp3) is 0.533. The predicted octanol–water partition coefficient (Wildman–Crippen LogP) is 1.96. The Kier molecular flexibility index (Phi) is 6.99. The number of anilines is 1. The lowest BCUT2D eigenvalue weighted by molar-refractivity contribution is -0.117. The number of hydrogen-bond donors (Lipinski definition) is 2. The zero-order chi connectivity index (χ0) is 13.7. The molecule has 1 aliphatic heterocycles. The van der Waals surface area contributed by atoms with Crippen molar-refractivity contribution in [2.45, 2.75) is 20.3 Å². The molecule has 0 bridgehead atoms. The molecule has 0 radical (unpaired) electrons. The molecule has 1 aromatic rings. The van der Waals surface area contributed by atoms with Gasteiger partial charge in [-0.05, 0) is 44.5 Å². The second-order valence-electron chi connectivity index (χ2n) is 5.19. The van der Waals surface area contributed by atoms with Gasteiger partial charge in [-0.25, -0.2) is 0 Å². The smallest absolute Gasteiger partial charge is 0.238 e. The highest BCUT2D eigenvalue weighted by Crippen LogP contribution is 2.19. The zero-order valence-electron chi connectivity index (χ0n) is 12.2. The Morgan fingerprint density at radius 2 is 1.95 bits per heavy atom. The Balaban J connectivity index is 0.00000200. The van der Waals surface area contributed by atoms with Crippen LogP contribution in [0.3, 0.4) is 0 Å². The number of carbonyl (C=O) groups is 1. The summed E-state index contributed by atoms with van der Waals surface area (Å²) in [6.07, 6.45) is 1.11. The van der Waals surface area contributed by atoms with Crippen molar-refractivity contribution >= 4 is 24.0 Å². The van der Waals surface area contributed by atoms with Gasteiger partial charge in [-0.15, -0.1) is 12.4 Å². The average molecular weight is 298 g/mol. The molecule has 2 rings (SSSR count). The van der Waals surface area contributed by atoms with Crippen LogP contribution in [-0.2, 0) is 4.79 Å². The summed E-state index contributed by atoms with van der Waals surface area (Å²) in [6.45, 7) is 8.49. The number of benzene rings is 1. The predicted molar refractivity (Wildman–Crippen MR) is 85.7 cm³/mol. The van der Waals surface area contributed by atoms with Gasteiger partial charge in [0.2, 0.25) is 5.91 Å². The molecule has 112 valence electrons. The molecule has 2 N–H and O–H groups in total. The van der Waals surface area contributed by atoms with E-state index in [1.807, 2.05) is 32.0 Å². The van der Waals surface area contributed by atoms with Gasteiger partial charge >= 0.3 is 0 Å². The van der Waals surface area contributed by atoms with Crippen molar-refractivity contribution in [3.05, 3.63) is 29.3 Å². The minimum Gasteiger partial charge on any atom is -0.324 e. The number of amides is 1. The third kappa shape index (κ3) is 4.78. The summed E-state index contributed by atoms with van der Waals surface area (Å²) >= 11 is 0. The molecule has 0 unspecified atom stereocenters. The lowest BCUT2D eigenvalue weighted by Gasteiger charge is -2.19. The largest absolute Gasteiger partial charge is 0.324 e. The lowest BCUT2D eigenvalue weighted by atomic mass is 10.1. The molecule has 1 fully saturated rings. The van der Waals surface area contributed by atoms with Crippen LogP contribution in [-0.4, -0.2) is 43.5 Å². The molecule has 5 heteroatoms. The van der Waals surface area contributed by atoms with Crippen LogP contribution < -0.4 is 10.6 Å². The molecule has 1 heterocycles. The lowest BCUT2D eigenvalue weighted by Crippen LogP contribution is -2.35. The van der Waals surface area contributed by atoms with Crippen LogP contribution in [0.25, 0.3) is 0 Å². The molecule has 1 aliphatic rings. The Hall–Kier alpha value is -1.10. The number of nitrogens with one attached hydrogen (secondary N) is 2. The van der Waals surface area contributed by atoms with Gasteiger partial charge in [0, 0.05) is 18.8 Å². The standard InChI is InChI=1S/C15H23N3O.ClH/c1-12-5-3-6-13(2)15(12)17-14(19)11-18-9-4-7-16-8-10-18;/h3,5-6,16H,4,7-11H2,1-2H3,(H,17,19);1H. The highest BCUT2D eigenvalue weighted by atomic mass is 35.5. The van der Waals surface area contributed by atoms with Crippen molar-refractivity contribution in [1.82, 2.24) is 10.2 Å². The molecule has 4 nitrogen and oxygen atoms in total. The summed E-state index contributed by atoms with van der Waals surface area (Å²) in [5.41, 5.74) is 3.19. The molecule has 0 spiro atoms. The van der Waals surface area contributed by atoms with Gasteiger partial charge in [-0.1, -0.05) is 18.2 Å². The molecule has 0 atom stereocenters. The molecule has 1 saturated heterocycles. The fourth-order valence-corrected chi connectivity index (χ4v) is 2.45. The van der Waals surface area contributed by atoms with Crippen LogP contribution in [0.4, 0.5) is 5.69 Å². The van der Waals surface area contributed by atoms with E-state index in [4.69, 9.17) is 0 Å². The second kappa shape index (κ2) is 8.25. The van der Waals surface area contributed by atoms with E-state index in [-0.39, 0.29) is 18.3 Å². The molecular weight excluding hydrogens is 274 g/mol. The molecule has 20 heavy (non-hydrogen) atoms. The first-order valence-electron chi connectivity index (χ1n) is 6.96. The van der Waals surface area contributed by atoms with Crippen LogP contribution >= 0.6 is 12.4 Å². The van der Waals surface area contributed by atoms with Crippen molar-refractivity contribution in [3.8, 4) is 0 Å². The van der Waals surface area contributed by atoms with Crippen molar-refractivity contribution in [1.29, 1.82) is 0 Å². The van der Waals surface area contributed by atoms with Gasteiger partial charge in [0.05, 0.1) is 6.54 Å². The van der Waals surface area contributed by atoms with E-state index in [9.17, 15) is 4.79 Å². The third-order valence-electron chi connectivity index (χ3n) is 3.55. The van der Waals surface area contributed by atoms with E-state index in [0.717, 1.165) is 49.4 Å². The van der Waals surface area contributed by atoms with Gasteiger partial charge in [0.15, 0.2) is 0 Å². The molecule has 1 aromatic carbocycles. The van der Waals surface area contributed by atoms with E-state index < -0.39 is 0 Å². The van der Waals surface area contributed by atoms with Gasteiger partial charge < -0.3 is 10.6 Å². The maximum atomic E-state index is 12.1. The van der Waals surface area contributed by atoms with Crippen molar-refractivity contribution < 1.29 is 4.79 Å². The topological polar surface area (TPSA) is 44.4 Å². The van der Waals surface area contributed by atoms with Gasteiger partial charge in [0.1, 0.15) is 0 Å². The Morgan fingerprint density at radius 1 is 1.25 bits per heavy atom. The highest BCUT2D eigenvalue weighted by molar-refractivity contribution is 5.93. The van der Waals surface area contributed by atoms with E-state index in [0.29, 0.717) is 6.54 Å². The molecule has 0 aliphatic carbocycles. The first-order valence-corrected chi connectivity index (χ1v) is 6.96. The van der Waals surface area contributed by atoms with E-state index >= 15 is 0 Å². The van der Waals surface area contributed by atoms with Crippen LogP contribution in [0.15, 0.2) is 18.2 Å². The minimum atomic E-state index is 0. The highest BCUT2D eigenvalue weighted by Gasteiger charge is 2.13. The number of carbonyl (C=O) groups excluding carboxylic acids is 1. The molecule has 1 amide bonds. The fourth-order valence-electron chi connectivity index (χ4n) is 2.45. The van der Waals surface area contributed by atoms with Crippen LogP contribution in [0.1, 0.15) is 17.5 Å². The Labute approximate surface area is 127 Å². The van der Waals surface area contributed by atoms with Crippen molar-refractivity contribution in [3.63, 3.8) is 0 Å². The summed E-state index contributed by atoms with van der Waals surface area (Å²) in [5, 5.41) is 6.39. The van der Waals surface area contributed by atoms with Crippen molar-refractivity contribution in [2.24, 2.45) is 0 Å². The van der Waals surface area contributed by atoms with E-state index in [1.54, 1.807) is 0 Å². The number of para-hydroxylation sites is 1. The Bertz CT molecular complexity index is 422. The Morgan fingerprint density at radius 3 is 2.65 bits per heavy atom. The number of halogens is 1. The molecule has 0 aromatic heterocycles. The second-order valence-corrected chi connectivity index (χ2v) is 5.19. The molecule has 0 saturated carbocycles. The number of nitrogens with zero attached hydrogens (tertiary/aromatic N) is 1. The zero-order valence-corrected chi connectivity index (χ0v) is 13.1. The summed E-state index contributed by atoms with van der Waals surface area (Å²) in [4.78, 5) is 14.3. The van der Waals surface area contributed by atoms with Gasteiger partial charge in [0.25, 0.3) is 0 Å². The normalized spacial score (nSPS) is 16.1. The first kappa shape index (κ1) is 17.0. The number of rotatable bonds is 3. The third-order valence-corrected chi connectivity index (χ3v) is 3.55. The first-order chi connectivity index (χ1) is 9.16. The van der Waals surface area contributed by atoms with Crippen LogP contribution in [0.2, 0.25) is 0 Å². The summed E-state index contributed by atoms with van der Waals surface area (Å²) in [5.74, 6) is 0.0827. The van der Waals surface area contributed by atoms with Gasteiger partial charge in [-0.2, -0.15) is 0 Å². The summed E-state index contributed by atoms with van der Waals surface area (Å²) < 4.78 is 0.